The third-order valence-corrected chi connectivity index (χ3v) is 6.38. The number of likely N-dealkylation sites (N-methyl/N-ethyl adjacent to an activating group) is 1. The number of aromatic nitrogens is 1. The number of allylic oxidation sites excluding steroid dienone is 4. The summed E-state index contributed by atoms with van der Waals surface area (Å²) in [7, 11) is 3.82. The van der Waals surface area contributed by atoms with E-state index in [4.69, 9.17) is 14.7 Å². The first-order chi connectivity index (χ1) is 18.4. The number of piperazine rings is 1. The number of ether oxygens (including phenoxy) is 1. The van der Waals surface area contributed by atoms with E-state index in [-0.39, 0.29) is 6.61 Å². The maximum absolute atomic E-state index is 13.4. The largest absolute Gasteiger partial charge is 0.462 e. The van der Waals surface area contributed by atoms with Crippen molar-refractivity contribution >= 4 is 24.0 Å². The van der Waals surface area contributed by atoms with Crippen LogP contribution in [0.1, 0.15) is 35.5 Å². The Balaban J connectivity index is 2.48. The number of hydrogen-bond donors (Lipinski definition) is 0. The molecular formula is C30H37N5O3. The fourth-order valence-electron chi connectivity index (χ4n) is 4.59. The van der Waals surface area contributed by atoms with Crippen molar-refractivity contribution in [2.45, 2.75) is 20.8 Å². The van der Waals surface area contributed by atoms with Gasteiger partial charge in [0.05, 0.1) is 23.4 Å². The average molecular weight is 516 g/mol. The van der Waals surface area contributed by atoms with Crippen molar-refractivity contribution in [3.63, 3.8) is 0 Å². The van der Waals surface area contributed by atoms with Crippen LogP contribution in [0.5, 0.6) is 0 Å². The number of pyridine rings is 1. The van der Waals surface area contributed by atoms with E-state index in [1.165, 1.54) is 4.90 Å². The Labute approximate surface area is 225 Å². The van der Waals surface area contributed by atoms with E-state index in [0.717, 1.165) is 38.2 Å². The molecule has 1 aliphatic heterocycles. The Kier molecular flexibility index (Phi) is 10.1. The Bertz CT molecular complexity index is 1240. The number of benzene rings is 1. The van der Waals surface area contributed by atoms with Crippen LogP contribution in [0.4, 0.5) is 5.82 Å². The van der Waals surface area contributed by atoms with Gasteiger partial charge in [0.2, 0.25) is 6.41 Å². The average Bonchev–Trinajstić information content (AvgIpc) is 2.92. The molecule has 200 valence electrons. The zero-order valence-corrected chi connectivity index (χ0v) is 23.0. The highest BCUT2D eigenvalue weighted by Gasteiger charge is 2.32. The van der Waals surface area contributed by atoms with Gasteiger partial charge in [0.15, 0.2) is 5.82 Å². The number of carbonyl (C=O) groups excluding carboxylic acids is 2. The van der Waals surface area contributed by atoms with Crippen LogP contribution in [0, 0.1) is 6.92 Å². The summed E-state index contributed by atoms with van der Waals surface area (Å²) < 4.78 is 5.49. The summed E-state index contributed by atoms with van der Waals surface area (Å²) in [6.45, 7) is 12.7. The number of esters is 1. The highest BCUT2D eigenvalue weighted by Crippen LogP contribution is 2.38. The first-order valence-corrected chi connectivity index (χ1v) is 12.8. The van der Waals surface area contributed by atoms with E-state index in [9.17, 15) is 9.59 Å². The van der Waals surface area contributed by atoms with Gasteiger partial charge in [-0.25, -0.2) is 9.78 Å². The summed E-state index contributed by atoms with van der Waals surface area (Å²) >= 11 is 0. The Morgan fingerprint density at radius 1 is 1.18 bits per heavy atom. The van der Waals surface area contributed by atoms with Crippen molar-refractivity contribution in [3.05, 3.63) is 83.7 Å². The maximum Gasteiger partial charge on any atom is 0.340 e. The second-order valence-electron chi connectivity index (χ2n) is 8.87. The molecule has 0 spiro atoms. The standard InChI is InChI=1S/C30H37N5O3/c1-7-13-24(14-8-2)35(21-36)29-27(28(31-5)34-19-17-33(6)18-20-34)26(23-15-11-10-12-16-23)25(22(4)32-29)30(37)38-9-3/h7-8,10-16,21H,1,9,17-20H2,2-6H3/b14-8-,24-13+,31-28?. The molecule has 1 saturated heterocycles. The van der Waals surface area contributed by atoms with Gasteiger partial charge in [0.1, 0.15) is 5.84 Å². The predicted octanol–water partition coefficient (Wildman–Crippen LogP) is 4.47. The molecule has 0 bridgehead atoms. The summed E-state index contributed by atoms with van der Waals surface area (Å²) in [6, 6.07) is 9.65. The molecule has 0 N–H and O–H groups in total. The fraction of sp³-hybridized carbons (Fsp3) is 0.333. The molecule has 0 aliphatic carbocycles. The van der Waals surface area contributed by atoms with E-state index in [2.05, 4.69) is 23.4 Å². The quantitative estimate of drug-likeness (QED) is 0.161. The van der Waals surface area contributed by atoms with Gasteiger partial charge in [0.25, 0.3) is 0 Å². The molecular weight excluding hydrogens is 478 g/mol. The summed E-state index contributed by atoms with van der Waals surface area (Å²) in [6.07, 6.45) is 7.76. The number of rotatable bonds is 9. The predicted molar refractivity (Wildman–Crippen MR) is 154 cm³/mol. The fourth-order valence-corrected chi connectivity index (χ4v) is 4.59. The summed E-state index contributed by atoms with van der Waals surface area (Å²) in [5.41, 5.74) is 3.44. The van der Waals surface area contributed by atoms with Crippen molar-refractivity contribution in [2.24, 2.45) is 4.99 Å². The number of amides is 1. The lowest BCUT2D eigenvalue weighted by molar-refractivity contribution is -0.107. The maximum atomic E-state index is 13.4. The van der Waals surface area contributed by atoms with Crippen LogP contribution in [0.15, 0.2) is 71.9 Å². The third kappa shape index (κ3) is 6.08. The first-order valence-electron chi connectivity index (χ1n) is 12.8. The smallest absolute Gasteiger partial charge is 0.340 e. The number of anilines is 1. The molecule has 1 fully saturated rings. The van der Waals surface area contributed by atoms with Gasteiger partial charge in [-0.05, 0) is 45.5 Å². The zero-order chi connectivity index (χ0) is 27.7. The molecule has 2 aromatic rings. The number of carbonyl (C=O) groups is 2. The van der Waals surface area contributed by atoms with Gasteiger partial charge < -0.3 is 14.5 Å². The minimum Gasteiger partial charge on any atom is -0.462 e. The lowest BCUT2D eigenvalue weighted by Gasteiger charge is -2.36. The van der Waals surface area contributed by atoms with E-state index >= 15 is 0 Å². The topological polar surface area (TPSA) is 78.3 Å². The van der Waals surface area contributed by atoms with Crippen molar-refractivity contribution in [1.82, 2.24) is 14.8 Å². The Morgan fingerprint density at radius 2 is 1.87 bits per heavy atom. The number of hydrogen-bond acceptors (Lipinski definition) is 6. The molecule has 0 radical (unpaired) electrons. The number of nitrogens with zero attached hydrogens (tertiary/aromatic N) is 5. The molecule has 2 heterocycles. The summed E-state index contributed by atoms with van der Waals surface area (Å²) in [5.74, 6) is 0.580. The minimum absolute atomic E-state index is 0.227. The van der Waals surface area contributed by atoms with Crippen molar-refractivity contribution in [3.8, 4) is 11.1 Å². The highest BCUT2D eigenvalue weighted by molar-refractivity contribution is 6.14. The molecule has 1 aromatic heterocycles. The van der Waals surface area contributed by atoms with Crippen molar-refractivity contribution < 1.29 is 14.3 Å². The van der Waals surface area contributed by atoms with Gasteiger partial charge in [-0.3, -0.25) is 14.7 Å². The minimum atomic E-state index is -0.467. The van der Waals surface area contributed by atoms with E-state index in [1.807, 2.05) is 49.4 Å². The normalized spacial score (nSPS) is 15.0. The van der Waals surface area contributed by atoms with Gasteiger partial charge in [-0.15, -0.1) is 0 Å². The molecule has 1 aromatic carbocycles. The van der Waals surface area contributed by atoms with Crippen LogP contribution in [-0.2, 0) is 9.53 Å². The zero-order valence-electron chi connectivity index (χ0n) is 23.0. The van der Waals surface area contributed by atoms with Crippen LogP contribution in [0.25, 0.3) is 11.1 Å². The Hall–Kier alpha value is -4.04. The van der Waals surface area contributed by atoms with E-state index in [1.54, 1.807) is 33.0 Å². The molecule has 1 aliphatic rings. The van der Waals surface area contributed by atoms with Crippen LogP contribution in [0.3, 0.4) is 0 Å². The van der Waals surface area contributed by atoms with Crippen molar-refractivity contribution in [2.75, 3.05) is 51.8 Å². The van der Waals surface area contributed by atoms with Gasteiger partial charge in [-0.2, -0.15) is 0 Å². The van der Waals surface area contributed by atoms with Crippen molar-refractivity contribution in [1.29, 1.82) is 0 Å². The first kappa shape index (κ1) is 28.5. The molecule has 3 rings (SSSR count). The second-order valence-corrected chi connectivity index (χ2v) is 8.87. The van der Waals surface area contributed by atoms with E-state index < -0.39 is 5.97 Å². The number of aryl methyl sites for hydroxylation is 1. The molecule has 38 heavy (non-hydrogen) atoms. The molecule has 8 heteroatoms. The molecule has 0 atom stereocenters. The van der Waals surface area contributed by atoms with E-state index in [0.29, 0.717) is 39.7 Å². The van der Waals surface area contributed by atoms with Crippen LogP contribution in [0.2, 0.25) is 0 Å². The molecule has 0 saturated carbocycles. The summed E-state index contributed by atoms with van der Waals surface area (Å²) in [4.78, 5) is 41.6. The van der Waals surface area contributed by atoms with Gasteiger partial charge in [-0.1, -0.05) is 49.1 Å². The van der Waals surface area contributed by atoms with Gasteiger partial charge in [0, 0.05) is 44.5 Å². The van der Waals surface area contributed by atoms with Gasteiger partial charge >= 0.3 is 5.97 Å². The molecule has 8 nitrogen and oxygen atoms in total. The van der Waals surface area contributed by atoms with Crippen LogP contribution >= 0.6 is 0 Å². The molecule has 0 unspecified atom stereocenters. The summed E-state index contributed by atoms with van der Waals surface area (Å²) in [5, 5.41) is 0. The highest BCUT2D eigenvalue weighted by atomic mass is 16.5. The Morgan fingerprint density at radius 3 is 2.42 bits per heavy atom. The lowest BCUT2D eigenvalue weighted by atomic mass is 9.92. The van der Waals surface area contributed by atoms with Crippen LogP contribution in [-0.4, -0.2) is 79.9 Å². The second kappa shape index (κ2) is 13.5. The third-order valence-electron chi connectivity index (χ3n) is 6.38. The SMILES string of the molecule is C=C/C=C(\C=C/C)N(C=O)c1nc(C)c(C(=O)OCC)c(-c2ccccc2)c1C(=NC)N1CCN(C)CC1. The lowest BCUT2D eigenvalue weighted by Crippen LogP contribution is -2.48. The monoisotopic (exact) mass is 515 g/mol. The molecule has 1 amide bonds. The van der Waals surface area contributed by atoms with Crippen LogP contribution < -0.4 is 4.90 Å². The number of amidine groups is 1. The number of aliphatic imine (C=N–C) groups is 1.